The molecule has 1 aliphatic heterocycles. The average molecular weight is 198 g/mol. The fraction of sp³-hybridized carbons (Fsp3) is 0.727. The Kier molecular flexibility index (Phi) is 3.69. The first-order valence-electron chi connectivity index (χ1n) is 5.00. The number of hydrogen-bond acceptors (Lipinski definition) is 3. The van der Waals surface area contributed by atoms with Crippen LogP contribution in [0.5, 0.6) is 0 Å². The fourth-order valence-corrected chi connectivity index (χ4v) is 1.71. The van der Waals surface area contributed by atoms with Gasteiger partial charge >= 0.3 is 5.97 Å². The van der Waals surface area contributed by atoms with E-state index >= 15 is 0 Å². The zero-order valence-corrected chi connectivity index (χ0v) is 9.08. The molecule has 0 saturated carbocycles. The van der Waals surface area contributed by atoms with Gasteiger partial charge in [0.2, 0.25) is 0 Å². The molecule has 1 fully saturated rings. The molecule has 14 heavy (non-hydrogen) atoms. The molecule has 2 unspecified atom stereocenters. The highest BCUT2D eigenvalue weighted by atomic mass is 16.5. The van der Waals surface area contributed by atoms with Crippen LogP contribution in [-0.2, 0) is 14.3 Å². The molecule has 0 spiro atoms. The van der Waals surface area contributed by atoms with Gasteiger partial charge in [-0.05, 0) is 27.2 Å². The summed E-state index contributed by atoms with van der Waals surface area (Å²) in [6, 6.07) is 0. The van der Waals surface area contributed by atoms with Crippen LogP contribution in [0.15, 0.2) is 12.2 Å². The average Bonchev–Trinajstić information content (AvgIpc) is 2.11. The highest BCUT2D eigenvalue weighted by Crippen LogP contribution is 2.30. The van der Waals surface area contributed by atoms with E-state index in [1.165, 1.54) is 0 Å². The Labute approximate surface area is 85.1 Å². The molecule has 0 aromatic heterocycles. The minimum Gasteiger partial charge on any atom is -0.462 e. The van der Waals surface area contributed by atoms with Gasteiger partial charge in [0.15, 0.2) is 0 Å². The molecule has 0 bridgehead atoms. The Hall–Kier alpha value is -0.830. The molecule has 3 heteroatoms. The zero-order chi connectivity index (χ0) is 10.7. The monoisotopic (exact) mass is 198 g/mol. The highest BCUT2D eigenvalue weighted by Gasteiger charge is 2.35. The molecule has 3 nitrogen and oxygen atoms in total. The second kappa shape index (κ2) is 4.60. The van der Waals surface area contributed by atoms with Gasteiger partial charge in [0.05, 0.1) is 18.8 Å². The summed E-state index contributed by atoms with van der Waals surface area (Å²) >= 11 is 0. The van der Waals surface area contributed by atoms with E-state index < -0.39 is 0 Å². The molecule has 1 saturated heterocycles. The second-order valence-corrected chi connectivity index (χ2v) is 3.92. The van der Waals surface area contributed by atoms with Crippen LogP contribution in [0, 0.1) is 5.92 Å². The van der Waals surface area contributed by atoms with Crippen molar-refractivity contribution in [3.8, 4) is 0 Å². The van der Waals surface area contributed by atoms with Crippen LogP contribution < -0.4 is 0 Å². The van der Waals surface area contributed by atoms with Crippen molar-refractivity contribution in [2.24, 2.45) is 5.92 Å². The van der Waals surface area contributed by atoms with E-state index in [9.17, 15) is 4.79 Å². The van der Waals surface area contributed by atoms with Crippen LogP contribution in [0.1, 0.15) is 27.2 Å². The molecule has 0 N–H and O–H groups in total. The molecule has 2 atom stereocenters. The van der Waals surface area contributed by atoms with Gasteiger partial charge in [0, 0.05) is 11.5 Å². The molecular formula is C11H18O3. The van der Waals surface area contributed by atoms with E-state index in [4.69, 9.17) is 9.47 Å². The van der Waals surface area contributed by atoms with Crippen molar-refractivity contribution in [2.75, 3.05) is 6.61 Å². The van der Waals surface area contributed by atoms with Crippen molar-refractivity contribution in [2.45, 2.75) is 39.4 Å². The minimum absolute atomic E-state index is 0.300. The molecule has 1 aliphatic rings. The Morgan fingerprint density at radius 3 is 2.43 bits per heavy atom. The van der Waals surface area contributed by atoms with Gasteiger partial charge in [-0.15, -0.1) is 0 Å². The third-order valence-electron chi connectivity index (χ3n) is 2.67. The lowest BCUT2D eigenvalue weighted by Crippen LogP contribution is -2.45. The predicted molar refractivity (Wildman–Crippen MR) is 53.9 cm³/mol. The van der Waals surface area contributed by atoms with Gasteiger partial charge in [-0.1, -0.05) is 6.58 Å². The maximum absolute atomic E-state index is 11.0. The van der Waals surface area contributed by atoms with Gasteiger partial charge in [0.25, 0.3) is 0 Å². The Bertz CT molecular complexity index is 227. The van der Waals surface area contributed by atoms with E-state index in [1.54, 1.807) is 6.92 Å². The molecule has 80 valence electrons. The first kappa shape index (κ1) is 11.2. The molecule has 1 rings (SSSR count). The van der Waals surface area contributed by atoms with Crippen LogP contribution in [0.25, 0.3) is 0 Å². The molecule has 0 aliphatic carbocycles. The van der Waals surface area contributed by atoms with Gasteiger partial charge in [-0.25, -0.2) is 4.79 Å². The second-order valence-electron chi connectivity index (χ2n) is 3.92. The summed E-state index contributed by atoms with van der Waals surface area (Å²) in [4.78, 5) is 11.0. The van der Waals surface area contributed by atoms with Crippen LogP contribution in [-0.4, -0.2) is 24.8 Å². The summed E-state index contributed by atoms with van der Waals surface area (Å²) in [6.07, 6.45) is 1.48. The van der Waals surface area contributed by atoms with Crippen molar-refractivity contribution in [3.63, 3.8) is 0 Å². The summed E-state index contributed by atoms with van der Waals surface area (Å²) in [5.41, 5.74) is 0.455. The number of rotatable bonds is 4. The predicted octanol–water partition coefficient (Wildman–Crippen LogP) is 1.92. The van der Waals surface area contributed by atoms with Gasteiger partial charge in [0.1, 0.15) is 0 Å². The first-order valence-corrected chi connectivity index (χ1v) is 5.00. The van der Waals surface area contributed by atoms with Crippen LogP contribution >= 0.6 is 0 Å². The molecule has 0 aromatic carbocycles. The maximum atomic E-state index is 11.0. The fourth-order valence-electron chi connectivity index (χ4n) is 1.71. The molecule has 0 aromatic rings. The topological polar surface area (TPSA) is 35.5 Å². The third-order valence-corrected chi connectivity index (χ3v) is 2.67. The molecule has 1 heterocycles. The maximum Gasteiger partial charge on any atom is 0.333 e. The largest absolute Gasteiger partial charge is 0.462 e. The van der Waals surface area contributed by atoms with Crippen LogP contribution in [0.4, 0.5) is 0 Å². The lowest BCUT2D eigenvalue weighted by Gasteiger charge is -2.41. The van der Waals surface area contributed by atoms with E-state index in [0.29, 0.717) is 30.3 Å². The van der Waals surface area contributed by atoms with Crippen molar-refractivity contribution >= 4 is 5.97 Å². The Morgan fingerprint density at radius 2 is 2.00 bits per heavy atom. The van der Waals surface area contributed by atoms with Gasteiger partial charge in [-0.2, -0.15) is 0 Å². The SMILES string of the molecule is C=C(C)C(=O)OCCC1C(C)OC1C. The molecule has 0 radical (unpaired) electrons. The van der Waals surface area contributed by atoms with E-state index in [1.807, 2.05) is 13.8 Å². The minimum atomic E-state index is -0.300. The molecule has 0 amide bonds. The van der Waals surface area contributed by atoms with Crippen molar-refractivity contribution < 1.29 is 14.3 Å². The summed E-state index contributed by atoms with van der Waals surface area (Å²) in [6.45, 7) is 9.73. The number of carbonyl (C=O) groups is 1. The Morgan fingerprint density at radius 1 is 1.43 bits per heavy atom. The zero-order valence-electron chi connectivity index (χ0n) is 9.08. The van der Waals surface area contributed by atoms with Crippen molar-refractivity contribution in [1.82, 2.24) is 0 Å². The number of ether oxygens (including phenoxy) is 2. The standard InChI is InChI=1S/C11H18O3/c1-7(2)11(12)13-6-5-10-8(3)14-9(10)4/h8-10H,1,5-6H2,2-4H3. The first-order chi connectivity index (χ1) is 6.52. The normalized spacial score (nSPS) is 30.6. The van der Waals surface area contributed by atoms with Gasteiger partial charge < -0.3 is 9.47 Å². The van der Waals surface area contributed by atoms with E-state index in [0.717, 1.165) is 6.42 Å². The van der Waals surface area contributed by atoms with Crippen molar-refractivity contribution in [1.29, 1.82) is 0 Å². The smallest absolute Gasteiger partial charge is 0.333 e. The molecular weight excluding hydrogens is 180 g/mol. The summed E-state index contributed by atoms with van der Waals surface area (Å²) in [5.74, 6) is 0.221. The van der Waals surface area contributed by atoms with Crippen LogP contribution in [0.3, 0.4) is 0 Å². The van der Waals surface area contributed by atoms with E-state index in [2.05, 4.69) is 6.58 Å². The summed E-state index contributed by atoms with van der Waals surface area (Å²) < 4.78 is 10.4. The third kappa shape index (κ3) is 2.58. The number of esters is 1. The van der Waals surface area contributed by atoms with Gasteiger partial charge in [-0.3, -0.25) is 0 Å². The lowest BCUT2D eigenvalue weighted by atomic mass is 9.89. The highest BCUT2D eigenvalue weighted by molar-refractivity contribution is 5.86. The Balaban J connectivity index is 2.15. The lowest BCUT2D eigenvalue weighted by molar-refractivity contribution is -0.173. The number of hydrogen-bond donors (Lipinski definition) is 0. The van der Waals surface area contributed by atoms with Crippen molar-refractivity contribution in [3.05, 3.63) is 12.2 Å². The summed E-state index contributed by atoms with van der Waals surface area (Å²) in [5, 5.41) is 0. The van der Waals surface area contributed by atoms with Crippen LogP contribution in [0.2, 0.25) is 0 Å². The van der Waals surface area contributed by atoms with E-state index in [-0.39, 0.29) is 5.97 Å². The number of carbonyl (C=O) groups excluding carboxylic acids is 1. The quantitative estimate of drug-likeness (QED) is 0.511. The summed E-state index contributed by atoms with van der Waals surface area (Å²) in [7, 11) is 0.